The van der Waals surface area contributed by atoms with Gasteiger partial charge in [0, 0.05) is 10.0 Å². The maximum atomic E-state index is 12.3. The van der Waals surface area contributed by atoms with E-state index in [4.69, 9.17) is 5.11 Å². The molecule has 4 nitrogen and oxygen atoms in total. The summed E-state index contributed by atoms with van der Waals surface area (Å²) in [5.74, 6) is -0.576. The molecule has 0 saturated heterocycles. The third kappa shape index (κ3) is 2.83. The number of halogens is 1. The van der Waals surface area contributed by atoms with E-state index in [-0.39, 0.29) is 23.8 Å². The molecule has 1 aromatic heterocycles. The number of benzene rings is 1. The Morgan fingerprint density at radius 2 is 2.05 bits per heavy atom. The summed E-state index contributed by atoms with van der Waals surface area (Å²) in [6.07, 6.45) is 0. The molecule has 0 bridgehead atoms. The molecular formula is C14H12BrNO3. The van der Waals surface area contributed by atoms with Crippen LogP contribution in [0.1, 0.15) is 27.3 Å². The monoisotopic (exact) mass is 321 g/mol. The number of carbonyl (C=O) groups excluding carboxylic acids is 1. The van der Waals surface area contributed by atoms with Crippen molar-refractivity contribution < 1.29 is 15.0 Å². The van der Waals surface area contributed by atoms with E-state index in [1.165, 1.54) is 12.1 Å². The molecule has 0 spiro atoms. The Morgan fingerprint density at radius 1 is 1.32 bits per heavy atom. The number of nitrogens with zero attached hydrogens (tertiary/aromatic N) is 1. The maximum Gasteiger partial charge on any atom is 0.215 e. The molecule has 2 aromatic rings. The highest BCUT2D eigenvalue weighted by atomic mass is 79.9. The fourth-order valence-corrected chi connectivity index (χ4v) is 2.00. The minimum absolute atomic E-state index is 0.0534. The lowest BCUT2D eigenvalue weighted by atomic mass is 10.1. The molecule has 0 aliphatic rings. The van der Waals surface area contributed by atoms with Crippen molar-refractivity contribution in [3.05, 3.63) is 57.3 Å². The molecule has 98 valence electrons. The van der Waals surface area contributed by atoms with Crippen LogP contribution in [0.5, 0.6) is 5.75 Å². The van der Waals surface area contributed by atoms with Gasteiger partial charge in [-0.05, 0) is 30.7 Å². The molecule has 2 N–H and O–H groups in total. The molecule has 1 heterocycles. The van der Waals surface area contributed by atoms with Crippen molar-refractivity contribution in [3.63, 3.8) is 0 Å². The molecule has 0 atom stereocenters. The van der Waals surface area contributed by atoms with E-state index in [1.807, 2.05) is 13.0 Å². The van der Waals surface area contributed by atoms with Gasteiger partial charge in [-0.2, -0.15) is 0 Å². The number of aliphatic hydroxyl groups is 1. The first kappa shape index (κ1) is 13.7. The summed E-state index contributed by atoms with van der Waals surface area (Å²) >= 11 is 3.36. The Hall–Kier alpha value is -1.72. The van der Waals surface area contributed by atoms with Crippen LogP contribution in [0.3, 0.4) is 0 Å². The molecule has 0 aliphatic carbocycles. The number of aromatic hydroxyl groups is 1. The average molecular weight is 322 g/mol. The summed E-state index contributed by atoms with van der Waals surface area (Å²) < 4.78 is 0.816. The molecule has 0 aliphatic heterocycles. The molecule has 0 radical (unpaired) electrons. The van der Waals surface area contributed by atoms with Gasteiger partial charge in [-0.25, -0.2) is 4.98 Å². The molecule has 0 unspecified atom stereocenters. The van der Waals surface area contributed by atoms with Crippen molar-refractivity contribution in [2.24, 2.45) is 0 Å². The maximum absolute atomic E-state index is 12.3. The van der Waals surface area contributed by atoms with Gasteiger partial charge in [-0.3, -0.25) is 4.79 Å². The number of carbonyl (C=O) groups is 1. The summed E-state index contributed by atoms with van der Waals surface area (Å²) in [4.78, 5) is 16.2. The lowest BCUT2D eigenvalue weighted by Crippen LogP contribution is -2.06. The number of hydrogen-bond donors (Lipinski definition) is 2. The van der Waals surface area contributed by atoms with Crippen molar-refractivity contribution in [1.82, 2.24) is 4.98 Å². The number of aryl methyl sites for hydroxylation is 1. The first-order chi connectivity index (χ1) is 9.02. The predicted octanol–water partition coefficient (Wildman–Crippen LogP) is 2.58. The zero-order valence-corrected chi connectivity index (χ0v) is 11.8. The van der Waals surface area contributed by atoms with E-state index in [2.05, 4.69) is 20.9 Å². The van der Waals surface area contributed by atoms with Crippen LogP contribution in [0.25, 0.3) is 0 Å². The first-order valence-corrected chi connectivity index (χ1v) is 6.43. The molecule has 1 aromatic carbocycles. The Kier molecular flexibility index (Phi) is 3.97. The summed E-state index contributed by atoms with van der Waals surface area (Å²) in [5.41, 5.74) is 1.72. The number of rotatable bonds is 3. The normalized spacial score (nSPS) is 10.5. The van der Waals surface area contributed by atoms with Crippen LogP contribution in [0.2, 0.25) is 0 Å². The Morgan fingerprint density at radius 3 is 2.68 bits per heavy atom. The molecular weight excluding hydrogens is 310 g/mol. The third-order valence-corrected chi connectivity index (χ3v) is 3.60. The Bertz CT molecular complexity index is 641. The zero-order chi connectivity index (χ0) is 14.0. The summed E-state index contributed by atoms with van der Waals surface area (Å²) in [5, 5.41) is 18.7. The minimum Gasteiger partial charge on any atom is -0.506 e. The Labute approximate surface area is 118 Å². The van der Waals surface area contributed by atoms with E-state index in [9.17, 15) is 9.90 Å². The molecule has 19 heavy (non-hydrogen) atoms. The molecule has 2 rings (SSSR count). The van der Waals surface area contributed by atoms with Gasteiger partial charge < -0.3 is 10.2 Å². The standard InChI is InChI=1S/C14H12BrNO3/c1-8-2-3-9(6-11(8)15)14(19)13-12(18)5-4-10(7-17)16-13/h2-6,17-18H,7H2,1H3. The highest BCUT2D eigenvalue weighted by molar-refractivity contribution is 9.10. The van der Waals surface area contributed by atoms with Gasteiger partial charge in [0.25, 0.3) is 0 Å². The van der Waals surface area contributed by atoms with Crippen LogP contribution in [-0.4, -0.2) is 21.0 Å². The number of pyridine rings is 1. The summed E-state index contributed by atoms with van der Waals surface area (Å²) in [6.45, 7) is 1.64. The van der Waals surface area contributed by atoms with Crippen molar-refractivity contribution >= 4 is 21.7 Å². The van der Waals surface area contributed by atoms with Crippen LogP contribution < -0.4 is 0 Å². The SMILES string of the molecule is Cc1ccc(C(=O)c2nc(CO)ccc2O)cc1Br. The summed E-state index contributed by atoms with van der Waals surface area (Å²) in [7, 11) is 0. The van der Waals surface area contributed by atoms with Gasteiger partial charge in [0.05, 0.1) is 12.3 Å². The second-order valence-corrected chi connectivity index (χ2v) is 4.98. The number of hydrogen-bond acceptors (Lipinski definition) is 4. The van der Waals surface area contributed by atoms with Gasteiger partial charge in [0.2, 0.25) is 5.78 Å². The van der Waals surface area contributed by atoms with Gasteiger partial charge in [0.15, 0.2) is 5.69 Å². The van der Waals surface area contributed by atoms with E-state index in [0.717, 1.165) is 10.0 Å². The zero-order valence-electron chi connectivity index (χ0n) is 10.2. The predicted molar refractivity (Wildman–Crippen MR) is 74.1 cm³/mol. The highest BCUT2D eigenvalue weighted by Gasteiger charge is 2.16. The molecule has 0 amide bonds. The lowest BCUT2D eigenvalue weighted by Gasteiger charge is -2.06. The quantitative estimate of drug-likeness (QED) is 0.852. The van der Waals surface area contributed by atoms with Crippen molar-refractivity contribution in [2.75, 3.05) is 0 Å². The first-order valence-electron chi connectivity index (χ1n) is 5.63. The highest BCUT2D eigenvalue weighted by Crippen LogP contribution is 2.23. The summed E-state index contributed by atoms with van der Waals surface area (Å²) in [6, 6.07) is 8.00. The van der Waals surface area contributed by atoms with Gasteiger partial charge in [-0.1, -0.05) is 28.1 Å². The fraction of sp³-hybridized carbons (Fsp3) is 0.143. The average Bonchev–Trinajstić information content (AvgIpc) is 2.41. The van der Waals surface area contributed by atoms with E-state index in [1.54, 1.807) is 12.1 Å². The largest absolute Gasteiger partial charge is 0.506 e. The fourth-order valence-electron chi connectivity index (χ4n) is 1.62. The number of ketones is 1. The number of aromatic nitrogens is 1. The molecule has 0 fully saturated rings. The topological polar surface area (TPSA) is 70.4 Å². The van der Waals surface area contributed by atoms with E-state index >= 15 is 0 Å². The molecule has 0 saturated carbocycles. The second-order valence-electron chi connectivity index (χ2n) is 4.12. The van der Waals surface area contributed by atoms with E-state index in [0.29, 0.717) is 11.3 Å². The van der Waals surface area contributed by atoms with Crippen LogP contribution in [-0.2, 0) is 6.61 Å². The van der Waals surface area contributed by atoms with Crippen LogP contribution in [0, 0.1) is 6.92 Å². The van der Waals surface area contributed by atoms with Crippen molar-refractivity contribution in [2.45, 2.75) is 13.5 Å². The van der Waals surface area contributed by atoms with Gasteiger partial charge in [0.1, 0.15) is 5.75 Å². The minimum atomic E-state index is -0.381. The van der Waals surface area contributed by atoms with Gasteiger partial charge in [-0.15, -0.1) is 0 Å². The number of aliphatic hydroxyl groups excluding tert-OH is 1. The molecule has 5 heteroatoms. The second kappa shape index (κ2) is 5.50. The Balaban J connectivity index is 2.46. The lowest BCUT2D eigenvalue weighted by molar-refractivity contribution is 0.103. The van der Waals surface area contributed by atoms with Crippen LogP contribution in [0.15, 0.2) is 34.8 Å². The van der Waals surface area contributed by atoms with Crippen molar-refractivity contribution in [3.8, 4) is 5.75 Å². The van der Waals surface area contributed by atoms with Crippen LogP contribution in [0.4, 0.5) is 0 Å². The van der Waals surface area contributed by atoms with Crippen molar-refractivity contribution in [1.29, 1.82) is 0 Å². The van der Waals surface area contributed by atoms with E-state index < -0.39 is 0 Å². The smallest absolute Gasteiger partial charge is 0.215 e. The van der Waals surface area contributed by atoms with Crippen LogP contribution >= 0.6 is 15.9 Å². The third-order valence-electron chi connectivity index (χ3n) is 2.74. The van der Waals surface area contributed by atoms with Gasteiger partial charge >= 0.3 is 0 Å².